The largest absolute Gasteiger partial charge is 0.298 e. The van der Waals surface area contributed by atoms with E-state index in [9.17, 15) is 4.79 Å². The molecule has 0 fully saturated rings. The summed E-state index contributed by atoms with van der Waals surface area (Å²) in [6.07, 6.45) is 0.517. The molecule has 0 N–H and O–H groups in total. The van der Waals surface area contributed by atoms with Crippen LogP contribution in [0.5, 0.6) is 0 Å². The molecule has 0 aliphatic rings. The number of rotatable bonds is 4. The summed E-state index contributed by atoms with van der Waals surface area (Å²) < 4.78 is 1.20. The van der Waals surface area contributed by atoms with E-state index in [1.54, 1.807) is 0 Å². The summed E-state index contributed by atoms with van der Waals surface area (Å²) >= 11 is 8.87. The molecule has 0 heterocycles. The van der Waals surface area contributed by atoms with E-state index in [4.69, 9.17) is 0 Å². The molecule has 0 saturated heterocycles. The minimum Gasteiger partial charge on any atom is -0.298 e. The number of carbonyl (C=O) groups excluding carboxylic acids is 1. The average molecular weight is 432 g/mol. The molecular weight excluding hydrogens is 423 g/mol. The zero-order valence-electron chi connectivity index (χ0n) is 7.40. The monoisotopic (exact) mass is 430 g/mol. The van der Waals surface area contributed by atoms with Crippen molar-refractivity contribution in [1.82, 2.24) is 0 Å². The number of hydrogen-bond acceptors (Lipinski definition) is 1. The Kier molecular flexibility index (Phi) is 5.62. The van der Waals surface area contributed by atoms with Crippen molar-refractivity contribution in [1.29, 1.82) is 0 Å². The van der Waals surface area contributed by atoms with Gasteiger partial charge < -0.3 is 0 Å². The summed E-state index contributed by atoms with van der Waals surface area (Å²) in [4.78, 5) is 11.3. The molecule has 0 spiro atoms. The van der Waals surface area contributed by atoms with E-state index >= 15 is 0 Å². The molecule has 0 amide bonds. The van der Waals surface area contributed by atoms with Crippen molar-refractivity contribution < 1.29 is 4.79 Å². The summed E-state index contributed by atoms with van der Waals surface area (Å²) in [5.74, 6) is 0.216. The fourth-order valence-electron chi connectivity index (χ4n) is 1.15. The van der Waals surface area contributed by atoms with Crippen LogP contribution in [0.25, 0.3) is 0 Å². The van der Waals surface area contributed by atoms with E-state index in [0.29, 0.717) is 11.8 Å². The van der Waals surface area contributed by atoms with Gasteiger partial charge in [0.05, 0.1) is 5.33 Å². The van der Waals surface area contributed by atoms with Crippen LogP contribution in [0.15, 0.2) is 18.2 Å². The Morgan fingerprint density at radius 2 is 2.00 bits per heavy atom. The van der Waals surface area contributed by atoms with Crippen LogP contribution >= 0.6 is 54.5 Å². The van der Waals surface area contributed by atoms with Crippen LogP contribution in [0, 0.1) is 3.57 Å². The maximum atomic E-state index is 11.3. The van der Waals surface area contributed by atoms with Crippen LogP contribution < -0.4 is 0 Å². The second kappa shape index (κ2) is 6.23. The topological polar surface area (TPSA) is 17.1 Å². The summed E-state index contributed by atoms with van der Waals surface area (Å²) in [6, 6.07) is 6.16. The van der Waals surface area contributed by atoms with Gasteiger partial charge in [0.15, 0.2) is 0 Å². The smallest absolute Gasteiger partial charge is 0.147 e. The highest BCUT2D eigenvalue weighted by Gasteiger charge is 2.06. The Morgan fingerprint density at radius 3 is 2.57 bits per heavy atom. The van der Waals surface area contributed by atoms with Crippen molar-refractivity contribution in [3.8, 4) is 0 Å². The van der Waals surface area contributed by atoms with Gasteiger partial charge in [-0.25, -0.2) is 0 Å². The van der Waals surface area contributed by atoms with Crippen LogP contribution in [-0.4, -0.2) is 11.1 Å². The maximum absolute atomic E-state index is 11.3. The second-order valence-corrected chi connectivity index (χ2v) is 5.26. The van der Waals surface area contributed by atoms with Crippen molar-refractivity contribution in [3.05, 3.63) is 32.9 Å². The molecule has 0 bridgehead atoms. The number of hydrogen-bond donors (Lipinski definition) is 0. The molecule has 0 saturated carbocycles. The van der Waals surface area contributed by atoms with E-state index in [-0.39, 0.29) is 5.78 Å². The molecule has 76 valence electrons. The molecule has 0 aliphatic heterocycles. The number of Topliss-reactive ketones (excluding diaryl/α,β-unsaturated/α-hetero) is 1. The predicted octanol–water partition coefficient (Wildman–Crippen LogP) is 3.69. The molecule has 1 rings (SSSR count). The number of alkyl halides is 2. The molecule has 0 aliphatic carbocycles. The summed E-state index contributed by atoms with van der Waals surface area (Å²) in [5, 5.41) is 1.23. The first-order valence-corrected chi connectivity index (χ1v) is 7.40. The molecule has 0 atom stereocenters. The first-order valence-electron chi connectivity index (χ1n) is 4.08. The highest BCUT2D eigenvalue weighted by atomic mass is 127. The molecule has 0 aromatic heterocycles. The predicted molar refractivity (Wildman–Crippen MR) is 74.3 cm³/mol. The molecule has 0 unspecified atom stereocenters. The zero-order valence-corrected chi connectivity index (χ0v) is 12.7. The van der Waals surface area contributed by atoms with Crippen LogP contribution in [0.3, 0.4) is 0 Å². The van der Waals surface area contributed by atoms with Gasteiger partial charge in [-0.1, -0.05) is 37.9 Å². The fraction of sp³-hybridized carbons (Fsp3) is 0.300. The van der Waals surface area contributed by atoms with Crippen LogP contribution in [-0.2, 0) is 16.5 Å². The van der Waals surface area contributed by atoms with E-state index < -0.39 is 0 Å². The minimum absolute atomic E-state index is 0.216. The second-order valence-electron chi connectivity index (χ2n) is 2.90. The van der Waals surface area contributed by atoms with Crippen LogP contribution in [0.2, 0.25) is 0 Å². The highest BCUT2D eigenvalue weighted by molar-refractivity contribution is 14.1. The van der Waals surface area contributed by atoms with E-state index in [1.165, 1.54) is 9.13 Å². The Balaban J connectivity index is 2.90. The minimum atomic E-state index is 0.216. The van der Waals surface area contributed by atoms with E-state index in [1.807, 2.05) is 12.1 Å². The standard InChI is InChI=1S/C10H9Br2IO/c11-5-8-3-9(13)2-1-7(8)4-10(14)6-12/h1-3H,4-6H2. The molecule has 1 nitrogen and oxygen atoms in total. The lowest BCUT2D eigenvalue weighted by atomic mass is 10.0. The van der Waals surface area contributed by atoms with E-state index in [0.717, 1.165) is 10.9 Å². The van der Waals surface area contributed by atoms with Gasteiger partial charge in [-0.2, -0.15) is 0 Å². The maximum Gasteiger partial charge on any atom is 0.147 e. The van der Waals surface area contributed by atoms with Gasteiger partial charge in [0.25, 0.3) is 0 Å². The first-order chi connectivity index (χ1) is 6.67. The lowest BCUT2D eigenvalue weighted by Gasteiger charge is -2.06. The van der Waals surface area contributed by atoms with Crippen LogP contribution in [0.4, 0.5) is 0 Å². The molecule has 0 radical (unpaired) electrons. The Hall–Kier alpha value is 0.580. The van der Waals surface area contributed by atoms with Crippen molar-refractivity contribution >= 4 is 60.2 Å². The van der Waals surface area contributed by atoms with Gasteiger partial charge in [0, 0.05) is 15.3 Å². The molecule has 14 heavy (non-hydrogen) atoms. The Labute approximate surface area is 114 Å². The summed E-state index contributed by atoms with van der Waals surface area (Å²) in [7, 11) is 0. The van der Waals surface area contributed by atoms with Crippen molar-refractivity contribution in [2.45, 2.75) is 11.8 Å². The van der Waals surface area contributed by atoms with Crippen molar-refractivity contribution in [2.75, 3.05) is 5.33 Å². The van der Waals surface area contributed by atoms with Gasteiger partial charge in [0.1, 0.15) is 5.78 Å². The quantitative estimate of drug-likeness (QED) is 0.525. The Morgan fingerprint density at radius 1 is 1.29 bits per heavy atom. The Bertz CT molecular complexity index is 339. The molecule has 4 heteroatoms. The fourth-order valence-corrected chi connectivity index (χ4v) is 2.43. The normalized spacial score (nSPS) is 10.2. The number of benzene rings is 1. The third kappa shape index (κ3) is 3.62. The lowest BCUT2D eigenvalue weighted by molar-refractivity contribution is -0.115. The summed E-state index contributed by atoms with van der Waals surface area (Å²) in [5.41, 5.74) is 2.32. The third-order valence-electron chi connectivity index (χ3n) is 1.85. The van der Waals surface area contributed by atoms with Crippen molar-refractivity contribution in [2.24, 2.45) is 0 Å². The van der Waals surface area contributed by atoms with Gasteiger partial charge in [-0.05, 0) is 45.9 Å². The molecular formula is C10H9Br2IO. The number of halogens is 3. The van der Waals surface area contributed by atoms with Crippen molar-refractivity contribution in [3.63, 3.8) is 0 Å². The average Bonchev–Trinajstić information content (AvgIpc) is 2.20. The third-order valence-corrected chi connectivity index (χ3v) is 3.75. The van der Waals surface area contributed by atoms with Crippen LogP contribution in [0.1, 0.15) is 11.1 Å². The molecule has 1 aromatic rings. The molecule has 1 aromatic carbocycles. The SMILES string of the molecule is O=C(CBr)Cc1ccc(I)cc1CBr. The lowest BCUT2D eigenvalue weighted by Crippen LogP contribution is -2.05. The van der Waals surface area contributed by atoms with E-state index in [2.05, 4.69) is 60.5 Å². The first kappa shape index (κ1) is 12.6. The highest BCUT2D eigenvalue weighted by Crippen LogP contribution is 2.17. The number of ketones is 1. The van der Waals surface area contributed by atoms with Gasteiger partial charge in [0.2, 0.25) is 0 Å². The van der Waals surface area contributed by atoms with Gasteiger partial charge in [-0.3, -0.25) is 4.79 Å². The summed E-state index contributed by atoms with van der Waals surface area (Å²) in [6.45, 7) is 0. The van der Waals surface area contributed by atoms with Gasteiger partial charge in [-0.15, -0.1) is 0 Å². The zero-order chi connectivity index (χ0) is 10.6. The number of carbonyl (C=O) groups is 1. The van der Waals surface area contributed by atoms with Gasteiger partial charge >= 0.3 is 0 Å².